The Bertz CT molecular complexity index is 2000. The Morgan fingerprint density at radius 3 is 2.28 bits per heavy atom. The SMILES string of the molecule is CC[C@@H]1/C=C(\C)C[C@H](C)C[C@H](OC)[C@H]2O[C@@](O)(C(=O)C(=O)N3CCCC[C@H]3C(=O)O[C@H](/C(C)=C/C3CC[C@@H](OCC(=O)Nc4ccc(Cl)c(Cl)c4)[C@H](OC)C3)[C@H](C)[C@@H](O)CC1=O)[C@H](C)C[C@@H]2OC. The Hall–Kier alpha value is -3.25. The van der Waals surface area contributed by atoms with E-state index < -0.39 is 77.8 Å². The van der Waals surface area contributed by atoms with Crippen molar-refractivity contribution in [2.24, 2.45) is 29.6 Å². The molecule has 3 N–H and O–H groups in total. The predicted molar refractivity (Wildman–Crippen MR) is 257 cm³/mol. The zero-order valence-electron chi connectivity index (χ0n) is 41.2. The summed E-state index contributed by atoms with van der Waals surface area (Å²) in [5, 5.41) is 27.4. The van der Waals surface area contributed by atoms with Gasteiger partial charge in [-0.3, -0.25) is 19.2 Å². The highest BCUT2D eigenvalue weighted by Gasteiger charge is 2.56. The third-order valence-corrected chi connectivity index (χ3v) is 15.2. The standard InChI is InChI=1S/C51H74Cl2N2O13/c1-10-34-20-28(2)19-29(3)21-43(64-8)47-44(65-9)23-31(5)51(62,68-47)48(59)49(60)55-18-12-11-13-38(55)50(61)67-46(32(6)39(56)26-40(34)57)30(4)22-33-14-17-41(42(24-33)63-7)66-27-45(58)54-35-15-16-36(52)37(53)25-35/h15-16,20,22,25,29,31-34,38-39,41-44,46-47,56,62H,10-14,17-19,21,23-24,26-27H2,1-9H3,(H,54,58)/b28-20+,30-22+/t29-,31+,32+,33?,34+,38-,39-,41+,42+,43-,44-,46+,47+,51+/m0/s1. The van der Waals surface area contributed by atoms with Crippen LogP contribution in [0.25, 0.3) is 0 Å². The number of aliphatic hydroxyl groups excluding tert-OH is 1. The van der Waals surface area contributed by atoms with Gasteiger partial charge in [-0.05, 0) is 114 Å². The number of hydrogen-bond donors (Lipinski definition) is 3. The van der Waals surface area contributed by atoms with E-state index in [1.807, 2.05) is 39.8 Å². The van der Waals surface area contributed by atoms with E-state index in [2.05, 4.69) is 5.32 Å². The third kappa shape index (κ3) is 13.8. The molecule has 3 aliphatic heterocycles. The molecule has 68 heavy (non-hydrogen) atoms. The number of esters is 1. The molecule has 15 nitrogen and oxygen atoms in total. The monoisotopic (exact) mass is 992 g/mol. The number of carbonyl (C=O) groups is 5. The lowest BCUT2D eigenvalue weighted by molar-refractivity contribution is -0.302. The molecule has 1 aliphatic carbocycles. The van der Waals surface area contributed by atoms with E-state index in [1.165, 1.54) is 19.1 Å². The maximum Gasteiger partial charge on any atom is 0.329 e. The van der Waals surface area contributed by atoms with E-state index in [9.17, 15) is 34.2 Å². The number of aliphatic hydroxyl groups is 2. The Labute approximate surface area is 411 Å². The minimum Gasteiger partial charge on any atom is -0.456 e. The highest BCUT2D eigenvalue weighted by atomic mass is 35.5. The largest absolute Gasteiger partial charge is 0.456 e. The van der Waals surface area contributed by atoms with Gasteiger partial charge in [-0.25, -0.2) is 4.79 Å². The molecule has 3 fully saturated rings. The average Bonchev–Trinajstić information content (AvgIpc) is 3.31. The molecule has 0 radical (unpaired) electrons. The molecule has 14 atom stereocenters. The topological polar surface area (TPSA) is 196 Å². The van der Waals surface area contributed by atoms with Gasteiger partial charge in [0.2, 0.25) is 11.7 Å². The number of rotatable bonds is 10. The number of ether oxygens (including phenoxy) is 6. The average molecular weight is 994 g/mol. The second kappa shape index (κ2) is 25.2. The molecule has 3 heterocycles. The molecule has 1 aromatic carbocycles. The van der Waals surface area contributed by atoms with E-state index in [0.717, 1.165) is 5.57 Å². The molecule has 5 rings (SSSR count). The molecular weight excluding hydrogens is 919 g/mol. The minimum atomic E-state index is -2.53. The smallest absolute Gasteiger partial charge is 0.329 e. The van der Waals surface area contributed by atoms with E-state index in [-0.39, 0.29) is 68.1 Å². The van der Waals surface area contributed by atoms with Crippen molar-refractivity contribution in [1.29, 1.82) is 0 Å². The molecule has 0 aromatic heterocycles. The summed E-state index contributed by atoms with van der Waals surface area (Å²) in [7, 11) is 4.63. The lowest BCUT2D eigenvalue weighted by Gasteiger charge is -2.47. The molecule has 380 valence electrons. The minimum absolute atomic E-state index is 0.0108. The van der Waals surface area contributed by atoms with Crippen LogP contribution in [-0.4, -0.2) is 134 Å². The zero-order valence-corrected chi connectivity index (χ0v) is 42.7. The molecule has 1 unspecified atom stereocenters. The number of nitrogens with one attached hydrogen (secondary N) is 1. The highest BCUT2D eigenvalue weighted by Crippen LogP contribution is 2.39. The van der Waals surface area contributed by atoms with Gasteiger partial charge in [0.05, 0.1) is 40.6 Å². The van der Waals surface area contributed by atoms with Crippen LogP contribution in [0.5, 0.6) is 0 Å². The second-order valence-corrected chi connectivity index (χ2v) is 20.4. The number of ketones is 2. The summed E-state index contributed by atoms with van der Waals surface area (Å²) < 4.78 is 36.3. The van der Waals surface area contributed by atoms with Crippen molar-refractivity contribution >= 4 is 58.2 Å². The first kappa shape index (κ1) is 55.7. The number of fused-ring (bicyclic) bond motifs is 3. The summed E-state index contributed by atoms with van der Waals surface area (Å²) in [6.45, 7) is 11.0. The summed E-state index contributed by atoms with van der Waals surface area (Å²) in [6.07, 6.45) is 3.40. The second-order valence-electron chi connectivity index (χ2n) is 19.6. The van der Waals surface area contributed by atoms with Gasteiger partial charge >= 0.3 is 5.97 Å². The van der Waals surface area contributed by atoms with E-state index >= 15 is 0 Å². The number of Topliss-reactive ketones (excluding diaryl/α,β-unsaturated/α-hetero) is 2. The van der Waals surface area contributed by atoms with Crippen LogP contribution in [0.1, 0.15) is 112 Å². The fraction of sp³-hybridized carbons (Fsp3) is 0.706. The first-order valence-electron chi connectivity index (χ1n) is 24.2. The molecular formula is C51H74Cl2N2O13. The van der Waals surface area contributed by atoms with Gasteiger partial charge in [0.15, 0.2) is 0 Å². The van der Waals surface area contributed by atoms with Crippen molar-refractivity contribution in [1.82, 2.24) is 4.90 Å². The zero-order chi connectivity index (χ0) is 50.0. The number of nitrogens with zero attached hydrogens (tertiary/aromatic N) is 1. The molecule has 1 aromatic rings. The molecule has 2 saturated heterocycles. The molecule has 4 aliphatic rings. The fourth-order valence-electron chi connectivity index (χ4n) is 10.5. The summed E-state index contributed by atoms with van der Waals surface area (Å²) in [5.74, 6) is -8.22. The quantitative estimate of drug-likeness (QED) is 0.119. The fourth-order valence-corrected chi connectivity index (χ4v) is 10.8. The van der Waals surface area contributed by atoms with Crippen molar-refractivity contribution in [3.05, 3.63) is 51.5 Å². The number of cyclic esters (lactones) is 1. The molecule has 1 saturated carbocycles. The van der Waals surface area contributed by atoms with Crippen molar-refractivity contribution in [3.63, 3.8) is 0 Å². The number of hydrogen-bond acceptors (Lipinski definition) is 13. The Balaban J connectivity index is 1.42. The molecule has 0 spiro atoms. The lowest BCUT2D eigenvalue weighted by Crippen LogP contribution is -2.64. The number of allylic oxidation sites excluding steroid dienone is 3. The van der Waals surface area contributed by atoms with E-state index in [1.54, 1.807) is 39.2 Å². The van der Waals surface area contributed by atoms with Gasteiger partial charge in [-0.15, -0.1) is 0 Å². The number of piperidine rings is 1. The molecule has 2 bridgehead atoms. The maximum atomic E-state index is 14.5. The maximum absolute atomic E-state index is 14.5. The van der Waals surface area contributed by atoms with Gasteiger partial charge in [0, 0.05) is 57.7 Å². The van der Waals surface area contributed by atoms with Crippen LogP contribution in [0.3, 0.4) is 0 Å². The van der Waals surface area contributed by atoms with Crippen molar-refractivity contribution in [3.8, 4) is 0 Å². The Kier molecular flexibility index (Phi) is 20.7. The first-order valence-corrected chi connectivity index (χ1v) is 25.0. The van der Waals surface area contributed by atoms with Gasteiger partial charge in [-0.2, -0.15) is 0 Å². The summed E-state index contributed by atoms with van der Waals surface area (Å²) >= 11 is 12.1. The summed E-state index contributed by atoms with van der Waals surface area (Å²) in [6, 6.07) is 3.61. The number of amides is 2. The van der Waals surface area contributed by atoms with Crippen LogP contribution in [0.2, 0.25) is 10.0 Å². The molecule has 17 heteroatoms. The predicted octanol–water partition coefficient (Wildman–Crippen LogP) is 7.44. The van der Waals surface area contributed by atoms with Crippen LogP contribution in [-0.2, 0) is 52.4 Å². The van der Waals surface area contributed by atoms with E-state index in [0.29, 0.717) is 72.7 Å². The number of halogens is 2. The van der Waals surface area contributed by atoms with Crippen molar-refractivity contribution < 1.29 is 62.6 Å². The van der Waals surface area contributed by atoms with E-state index in [4.69, 9.17) is 51.6 Å². The first-order chi connectivity index (χ1) is 32.2. The number of carbonyl (C=O) groups excluding carboxylic acids is 5. The third-order valence-electron chi connectivity index (χ3n) is 14.5. The Morgan fingerprint density at radius 2 is 1.62 bits per heavy atom. The van der Waals surface area contributed by atoms with Crippen LogP contribution in [0.4, 0.5) is 5.69 Å². The Morgan fingerprint density at radius 1 is 0.926 bits per heavy atom. The van der Waals surface area contributed by atoms with Crippen LogP contribution < -0.4 is 5.32 Å². The van der Waals surface area contributed by atoms with Crippen molar-refractivity contribution in [2.45, 2.75) is 167 Å². The highest BCUT2D eigenvalue weighted by molar-refractivity contribution is 6.42. The summed E-state index contributed by atoms with van der Waals surface area (Å²) in [4.78, 5) is 71.2. The number of methoxy groups -OCH3 is 3. The van der Waals surface area contributed by atoms with Crippen LogP contribution >= 0.6 is 23.2 Å². The number of anilines is 1. The summed E-state index contributed by atoms with van der Waals surface area (Å²) in [5.41, 5.74) is 2.08. The normalized spacial score (nSPS) is 36.2. The lowest BCUT2D eigenvalue weighted by atomic mass is 9.81. The number of benzene rings is 1. The van der Waals surface area contributed by atoms with Gasteiger partial charge in [-0.1, -0.05) is 68.6 Å². The van der Waals surface area contributed by atoms with Crippen LogP contribution in [0, 0.1) is 29.6 Å². The van der Waals surface area contributed by atoms with Crippen LogP contribution in [0.15, 0.2) is 41.5 Å². The van der Waals surface area contributed by atoms with Gasteiger partial charge in [0.25, 0.3) is 11.7 Å². The van der Waals surface area contributed by atoms with Gasteiger partial charge < -0.3 is 48.9 Å². The molecule has 2 amide bonds. The van der Waals surface area contributed by atoms with Crippen molar-refractivity contribution in [2.75, 3.05) is 39.8 Å². The van der Waals surface area contributed by atoms with Gasteiger partial charge in [0.1, 0.15) is 30.6 Å².